The van der Waals surface area contributed by atoms with E-state index in [0.717, 1.165) is 36.2 Å². The summed E-state index contributed by atoms with van der Waals surface area (Å²) in [6, 6.07) is 4.30. The molecule has 126 valence electrons. The molecule has 1 aromatic carbocycles. The highest BCUT2D eigenvalue weighted by molar-refractivity contribution is 5.66. The van der Waals surface area contributed by atoms with E-state index in [-0.39, 0.29) is 0 Å². The Morgan fingerprint density at radius 3 is 2.35 bits per heavy atom. The third kappa shape index (κ3) is 4.02. The van der Waals surface area contributed by atoms with Gasteiger partial charge < -0.3 is 0 Å². The molecular formula is C21H28F2. The first kappa shape index (κ1) is 16.7. The van der Waals surface area contributed by atoms with Gasteiger partial charge in [0.05, 0.1) is 0 Å². The second-order valence-electron chi connectivity index (χ2n) is 7.46. The Labute approximate surface area is 139 Å². The lowest BCUT2D eigenvalue weighted by Gasteiger charge is -2.35. The van der Waals surface area contributed by atoms with Crippen LogP contribution in [0.15, 0.2) is 24.3 Å². The largest absolute Gasteiger partial charge is 0.204 e. The van der Waals surface area contributed by atoms with Crippen LogP contribution in [-0.2, 0) is 0 Å². The molecule has 1 unspecified atom stereocenters. The SMILES string of the molecule is CCCC1CCC(C2CC=C(c3ccc(F)c(F)c3)CC2)CC1. The molecule has 0 spiro atoms. The second kappa shape index (κ2) is 7.59. The molecular weight excluding hydrogens is 290 g/mol. The Morgan fingerprint density at radius 2 is 1.74 bits per heavy atom. The van der Waals surface area contributed by atoms with E-state index in [1.807, 2.05) is 0 Å². The monoisotopic (exact) mass is 318 g/mol. The first-order chi connectivity index (χ1) is 11.2. The highest BCUT2D eigenvalue weighted by Crippen LogP contribution is 2.42. The summed E-state index contributed by atoms with van der Waals surface area (Å²) in [6.45, 7) is 2.29. The van der Waals surface area contributed by atoms with Gasteiger partial charge in [0.1, 0.15) is 0 Å². The zero-order chi connectivity index (χ0) is 16.2. The molecule has 0 amide bonds. The first-order valence-electron chi connectivity index (χ1n) is 9.31. The van der Waals surface area contributed by atoms with Crippen molar-refractivity contribution in [1.82, 2.24) is 0 Å². The van der Waals surface area contributed by atoms with Gasteiger partial charge in [-0.05, 0) is 73.1 Å². The molecule has 2 aliphatic rings. The van der Waals surface area contributed by atoms with Crippen LogP contribution in [0.3, 0.4) is 0 Å². The smallest absolute Gasteiger partial charge is 0.159 e. The second-order valence-corrected chi connectivity index (χ2v) is 7.46. The molecule has 2 aliphatic carbocycles. The lowest BCUT2D eigenvalue weighted by atomic mass is 9.70. The molecule has 0 aliphatic heterocycles. The molecule has 1 fully saturated rings. The summed E-state index contributed by atoms with van der Waals surface area (Å²) in [5.41, 5.74) is 2.05. The number of halogens is 2. The van der Waals surface area contributed by atoms with Crippen molar-refractivity contribution < 1.29 is 8.78 Å². The van der Waals surface area contributed by atoms with E-state index in [2.05, 4.69) is 13.0 Å². The third-order valence-corrected chi connectivity index (χ3v) is 6.00. The quantitative estimate of drug-likeness (QED) is 0.575. The molecule has 1 atom stereocenters. The summed E-state index contributed by atoms with van der Waals surface area (Å²) < 4.78 is 26.5. The first-order valence-corrected chi connectivity index (χ1v) is 9.31. The van der Waals surface area contributed by atoms with Gasteiger partial charge in [0.25, 0.3) is 0 Å². The van der Waals surface area contributed by atoms with Crippen LogP contribution in [0.1, 0.15) is 70.3 Å². The number of hydrogen-bond donors (Lipinski definition) is 0. The summed E-state index contributed by atoms with van der Waals surface area (Å²) in [4.78, 5) is 0. The summed E-state index contributed by atoms with van der Waals surface area (Å²) in [5, 5.41) is 0. The standard InChI is InChI=1S/C21H28F2/c1-2-3-15-4-6-16(7-5-15)17-8-10-18(11-9-17)19-12-13-20(22)21(23)14-19/h10,12-17H,2-9,11H2,1H3. The van der Waals surface area contributed by atoms with Gasteiger partial charge in [-0.15, -0.1) is 0 Å². The van der Waals surface area contributed by atoms with Crippen molar-refractivity contribution in [1.29, 1.82) is 0 Å². The van der Waals surface area contributed by atoms with Crippen molar-refractivity contribution >= 4 is 5.57 Å². The van der Waals surface area contributed by atoms with E-state index in [0.29, 0.717) is 0 Å². The number of allylic oxidation sites excluding steroid dienone is 2. The van der Waals surface area contributed by atoms with E-state index < -0.39 is 11.6 Å². The Kier molecular flexibility index (Phi) is 5.50. The number of rotatable bonds is 4. The minimum Gasteiger partial charge on any atom is -0.204 e. The Hall–Kier alpha value is -1.18. The van der Waals surface area contributed by atoms with Crippen LogP contribution < -0.4 is 0 Å². The van der Waals surface area contributed by atoms with Gasteiger partial charge >= 0.3 is 0 Å². The van der Waals surface area contributed by atoms with Crippen molar-refractivity contribution in [2.45, 2.75) is 64.7 Å². The molecule has 2 heteroatoms. The maximum atomic E-state index is 13.4. The molecule has 0 radical (unpaired) electrons. The van der Waals surface area contributed by atoms with Crippen molar-refractivity contribution in [2.75, 3.05) is 0 Å². The van der Waals surface area contributed by atoms with Crippen LogP contribution in [0.4, 0.5) is 8.78 Å². The van der Waals surface area contributed by atoms with Crippen LogP contribution in [0.2, 0.25) is 0 Å². The van der Waals surface area contributed by atoms with Crippen molar-refractivity contribution in [3.8, 4) is 0 Å². The number of hydrogen-bond acceptors (Lipinski definition) is 0. The predicted octanol–water partition coefficient (Wildman–Crippen LogP) is 6.75. The number of benzene rings is 1. The summed E-state index contributed by atoms with van der Waals surface area (Å²) >= 11 is 0. The van der Waals surface area contributed by atoms with Crippen LogP contribution in [0.25, 0.3) is 5.57 Å². The lowest BCUT2D eigenvalue weighted by molar-refractivity contribution is 0.189. The molecule has 0 heterocycles. The van der Waals surface area contributed by atoms with Gasteiger partial charge in [-0.3, -0.25) is 0 Å². The van der Waals surface area contributed by atoms with Gasteiger partial charge in [0.2, 0.25) is 0 Å². The van der Waals surface area contributed by atoms with Gasteiger partial charge in [-0.1, -0.05) is 44.7 Å². The van der Waals surface area contributed by atoms with E-state index in [1.165, 1.54) is 62.7 Å². The van der Waals surface area contributed by atoms with Gasteiger partial charge in [0, 0.05) is 0 Å². The van der Waals surface area contributed by atoms with Gasteiger partial charge in [-0.25, -0.2) is 8.78 Å². The minimum atomic E-state index is -0.758. The molecule has 1 saturated carbocycles. The third-order valence-electron chi connectivity index (χ3n) is 6.00. The lowest BCUT2D eigenvalue weighted by Crippen LogP contribution is -2.23. The predicted molar refractivity (Wildman–Crippen MR) is 92.0 cm³/mol. The highest BCUT2D eigenvalue weighted by atomic mass is 19.2. The summed E-state index contributed by atoms with van der Waals surface area (Å²) in [6.07, 6.45) is 13.9. The molecule has 23 heavy (non-hydrogen) atoms. The summed E-state index contributed by atoms with van der Waals surface area (Å²) in [5.74, 6) is 1.15. The normalized spacial score (nSPS) is 28.5. The fourth-order valence-corrected chi connectivity index (χ4v) is 4.60. The Morgan fingerprint density at radius 1 is 0.957 bits per heavy atom. The van der Waals surface area contributed by atoms with Crippen molar-refractivity contribution in [3.05, 3.63) is 41.5 Å². The Bertz CT molecular complexity index is 553. The molecule has 0 nitrogen and oxygen atoms in total. The average molecular weight is 318 g/mol. The molecule has 0 aromatic heterocycles. The van der Waals surface area contributed by atoms with E-state index in [9.17, 15) is 8.78 Å². The molecule has 3 rings (SSSR count). The average Bonchev–Trinajstić information content (AvgIpc) is 2.59. The van der Waals surface area contributed by atoms with Crippen LogP contribution in [0.5, 0.6) is 0 Å². The van der Waals surface area contributed by atoms with Gasteiger partial charge in [0.15, 0.2) is 11.6 Å². The van der Waals surface area contributed by atoms with Crippen molar-refractivity contribution in [2.24, 2.45) is 17.8 Å². The van der Waals surface area contributed by atoms with Crippen LogP contribution in [-0.4, -0.2) is 0 Å². The topological polar surface area (TPSA) is 0 Å². The fourth-order valence-electron chi connectivity index (χ4n) is 4.60. The Balaban J connectivity index is 1.57. The fraction of sp³-hybridized carbons (Fsp3) is 0.619. The van der Waals surface area contributed by atoms with Crippen LogP contribution >= 0.6 is 0 Å². The molecule has 0 N–H and O–H groups in total. The van der Waals surface area contributed by atoms with E-state index in [1.54, 1.807) is 6.07 Å². The molecule has 0 saturated heterocycles. The van der Waals surface area contributed by atoms with E-state index >= 15 is 0 Å². The van der Waals surface area contributed by atoms with Gasteiger partial charge in [-0.2, -0.15) is 0 Å². The maximum Gasteiger partial charge on any atom is 0.159 e. The zero-order valence-electron chi connectivity index (χ0n) is 14.2. The highest BCUT2D eigenvalue weighted by Gasteiger charge is 2.28. The molecule has 1 aromatic rings. The minimum absolute atomic E-state index is 0.736. The van der Waals surface area contributed by atoms with E-state index in [4.69, 9.17) is 0 Å². The molecule has 0 bridgehead atoms. The summed E-state index contributed by atoms with van der Waals surface area (Å²) in [7, 11) is 0. The zero-order valence-corrected chi connectivity index (χ0v) is 14.2. The maximum absolute atomic E-state index is 13.4. The van der Waals surface area contributed by atoms with Crippen LogP contribution in [0, 0.1) is 29.4 Å². The van der Waals surface area contributed by atoms with Crippen molar-refractivity contribution in [3.63, 3.8) is 0 Å².